The SMILES string of the molecule is Cl.O=C(c1cccc2[nH]ncc12)N(Cc1ccsc1)C1CC12CCNCC2. The molecule has 0 radical (unpaired) electrons. The van der Waals surface area contributed by atoms with Crippen molar-refractivity contribution < 1.29 is 4.79 Å². The third kappa shape index (κ3) is 3.26. The summed E-state index contributed by atoms with van der Waals surface area (Å²) in [6.45, 7) is 2.82. The molecule has 1 aliphatic heterocycles. The van der Waals surface area contributed by atoms with Crippen LogP contribution in [0.5, 0.6) is 0 Å². The maximum absolute atomic E-state index is 13.6. The highest BCUT2D eigenvalue weighted by Crippen LogP contribution is 2.56. The molecule has 2 aliphatic rings. The minimum Gasteiger partial charge on any atom is -0.331 e. The lowest BCUT2D eigenvalue weighted by atomic mass is 9.93. The summed E-state index contributed by atoms with van der Waals surface area (Å²) >= 11 is 1.69. The van der Waals surface area contributed by atoms with Crippen LogP contribution in [0.3, 0.4) is 0 Å². The molecule has 1 amide bonds. The molecule has 5 rings (SSSR count). The van der Waals surface area contributed by atoms with Gasteiger partial charge < -0.3 is 10.2 Å². The van der Waals surface area contributed by atoms with Crippen molar-refractivity contribution in [3.8, 4) is 0 Å². The highest BCUT2D eigenvalue weighted by atomic mass is 35.5. The van der Waals surface area contributed by atoms with Gasteiger partial charge in [-0.05, 0) is 72.3 Å². The van der Waals surface area contributed by atoms with Crippen molar-refractivity contribution in [3.05, 3.63) is 52.3 Å². The van der Waals surface area contributed by atoms with Gasteiger partial charge in [-0.2, -0.15) is 16.4 Å². The van der Waals surface area contributed by atoms with E-state index in [1.165, 1.54) is 18.4 Å². The van der Waals surface area contributed by atoms with Gasteiger partial charge in [-0.25, -0.2) is 0 Å². The van der Waals surface area contributed by atoms with Gasteiger partial charge in [-0.1, -0.05) is 6.07 Å². The van der Waals surface area contributed by atoms with Gasteiger partial charge in [0, 0.05) is 18.0 Å². The number of carbonyl (C=O) groups excluding carboxylic acids is 1. The first-order chi connectivity index (χ1) is 12.8. The maximum atomic E-state index is 13.6. The Morgan fingerprint density at radius 1 is 1.30 bits per heavy atom. The van der Waals surface area contributed by atoms with Crippen LogP contribution < -0.4 is 5.32 Å². The molecule has 2 N–H and O–H groups in total. The molecule has 5 nitrogen and oxygen atoms in total. The van der Waals surface area contributed by atoms with Crippen LogP contribution in [0.25, 0.3) is 10.9 Å². The number of aromatic nitrogens is 2. The number of benzene rings is 1. The summed E-state index contributed by atoms with van der Waals surface area (Å²) in [5.41, 5.74) is 3.21. The van der Waals surface area contributed by atoms with Crippen LogP contribution in [0.1, 0.15) is 35.2 Å². The summed E-state index contributed by atoms with van der Waals surface area (Å²) < 4.78 is 0. The summed E-state index contributed by atoms with van der Waals surface area (Å²) in [4.78, 5) is 15.7. The quantitative estimate of drug-likeness (QED) is 0.697. The van der Waals surface area contributed by atoms with Gasteiger partial charge in [0.05, 0.1) is 17.3 Å². The smallest absolute Gasteiger partial charge is 0.255 e. The van der Waals surface area contributed by atoms with Crippen LogP contribution in [0.4, 0.5) is 0 Å². The molecule has 1 atom stereocenters. The van der Waals surface area contributed by atoms with E-state index in [0.717, 1.165) is 36.0 Å². The molecule has 3 heterocycles. The van der Waals surface area contributed by atoms with Gasteiger partial charge in [0.1, 0.15) is 0 Å². The average Bonchev–Trinajstić information content (AvgIpc) is 3.08. The summed E-state index contributed by atoms with van der Waals surface area (Å²) in [6, 6.07) is 8.30. The lowest BCUT2D eigenvalue weighted by Crippen LogP contribution is -2.39. The highest BCUT2D eigenvalue weighted by molar-refractivity contribution is 7.07. The van der Waals surface area contributed by atoms with Crippen molar-refractivity contribution in [2.75, 3.05) is 13.1 Å². The van der Waals surface area contributed by atoms with Crippen LogP contribution in [0.15, 0.2) is 41.2 Å². The number of nitrogens with one attached hydrogen (secondary N) is 2. The van der Waals surface area contributed by atoms with Crippen LogP contribution in [0.2, 0.25) is 0 Å². The second-order valence-corrected chi connectivity index (χ2v) is 8.31. The molecule has 3 aromatic rings. The largest absolute Gasteiger partial charge is 0.331 e. The Labute approximate surface area is 168 Å². The molecule has 7 heteroatoms. The summed E-state index contributed by atoms with van der Waals surface area (Å²) in [6.07, 6.45) is 5.23. The van der Waals surface area contributed by atoms with Crippen LogP contribution in [0, 0.1) is 5.41 Å². The fraction of sp³-hybridized carbons (Fsp3) is 0.400. The summed E-state index contributed by atoms with van der Waals surface area (Å²) in [5, 5.41) is 15.7. The van der Waals surface area contributed by atoms with E-state index in [2.05, 4.69) is 37.2 Å². The second-order valence-electron chi connectivity index (χ2n) is 7.53. The number of nitrogens with zero attached hydrogens (tertiary/aromatic N) is 2. The number of halogens is 1. The molecular formula is C20H23ClN4OS. The van der Waals surface area contributed by atoms with E-state index in [1.54, 1.807) is 17.5 Å². The zero-order chi connectivity index (χ0) is 17.6. The molecule has 1 saturated heterocycles. The molecule has 2 aromatic heterocycles. The average molecular weight is 403 g/mol. The highest BCUT2D eigenvalue weighted by Gasteiger charge is 2.57. The van der Waals surface area contributed by atoms with Gasteiger partial charge >= 0.3 is 0 Å². The molecule has 1 unspecified atom stereocenters. The number of hydrogen-bond acceptors (Lipinski definition) is 4. The van der Waals surface area contributed by atoms with Gasteiger partial charge in [0.25, 0.3) is 5.91 Å². The first-order valence-electron chi connectivity index (χ1n) is 9.22. The van der Waals surface area contributed by atoms with Crippen molar-refractivity contribution in [1.29, 1.82) is 0 Å². The topological polar surface area (TPSA) is 61.0 Å². The molecule has 142 valence electrons. The summed E-state index contributed by atoms with van der Waals surface area (Å²) in [7, 11) is 0. The number of H-pyrrole nitrogens is 1. The lowest BCUT2D eigenvalue weighted by Gasteiger charge is -2.29. The van der Waals surface area contributed by atoms with Gasteiger partial charge in [-0.15, -0.1) is 12.4 Å². The number of aromatic amines is 1. The minimum atomic E-state index is 0. The van der Waals surface area contributed by atoms with Crippen LogP contribution in [-0.4, -0.2) is 40.1 Å². The fourth-order valence-electron chi connectivity index (χ4n) is 4.44. The van der Waals surface area contributed by atoms with E-state index in [9.17, 15) is 4.79 Å². The van der Waals surface area contributed by atoms with E-state index in [1.807, 2.05) is 18.2 Å². The number of hydrogen-bond donors (Lipinski definition) is 2. The molecule has 27 heavy (non-hydrogen) atoms. The van der Waals surface area contributed by atoms with Gasteiger partial charge in [-0.3, -0.25) is 9.89 Å². The number of fused-ring (bicyclic) bond motifs is 1. The standard InChI is InChI=1S/C20H22N4OS.ClH/c25-19(15-2-1-3-17-16(15)11-22-23-17)24(12-14-4-9-26-13-14)18-10-20(18)5-7-21-8-6-20;/h1-4,9,11,13,18,21H,5-8,10,12H2,(H,22,23);1H. The summed E-state index contributed by atoms with van der Waals surface area (Å²) in [5.74, 6) is 0.128. The monoisotopic (exact) mass is 402 g/mol. The number of amides is 1. The zero-order valence-electron chi connectivity index (χ0n) is 15.0. The first-order valence-corrected chi connectivity index (χ1v) is 10.2. The van der Waals surface area contributed by atoms with Crippen molar-refractivity contribution >= 4 is 40.6 Å². The van der Waals surface area contributed by atoms with Gasteiger partial charge in [0.2, 0.25) is 0 Å². The van der Waals surface area contributed by atoms with Crippen molar-refractivity contribution in [3.63, 3.8) is 0 Å². The predicted octanol–water partition coefficient (Wildman–Crippen LogP) is 3.83. The van der Waals surface area contributed by atoms with Gasteiger partial charge in [0.15, 0.2) is 0 Å². The Hall–Kier alpha value is -1.89. The molecule has 2 fully saturated rings. The minimum absolute atomic E-state index is 0. The van der Waals surface area contributed by atoms with Crippen LogP contribution in [-0.2, 0) is 6.54 Å². The molecule has 1 aromatic carbocycles. The molecular weight excluding hydrogens is 380 g/mol. The van der Waals surface area contributed by atoms with E-state index in [-0.39, 0.29) is 18.3 Å². The molecule has 1 saturated carbocycles. The van der Waals surface area contributed by atoms with Crippen molar-refractivity contribution in [2.45, 2.75) is 31.8 Å². The van der Waals surface area contributed by atoms with Crippen molar-refractivity contribution in [1.82, 2.24) is 20.4 Å². The molecule has 1 aliphatic carbocycles. The number of carbonyl (C=O) groups is 1. The third-order valence-electron chi connectivity index (χ3n) is 6.03. The Bertz CT molecular complexity index is 933. The Morgan fingerprint density at radius 2 is 2.15 bits per heavy atom. The second kappa shape index (κ2) is 7.26. The Morgan fingerprint density at radius 3 is 2.93 bits per heavy atom. The number of piperidine rings is 1. The van der Waals surface area contributed by atoms with Crippen LogP contribution >= 0.6 is 23.7 Å². The number of rotatable bonds is 4. The van der Waals surface area contributed by atoms with Crippen molar-refractivity contribution in [2.24, 2.45) is 5.41 Å². The molecule has 0 bridgehead atoms. The first kappa shape index (κ1) is 18.5. The molecule has 1 spiro atoms. The Kier molecular flexibility index (Phi) is 4.97. The van der Waals surface area contributed by atoms with E-state index >= 15 is 0 Å². The van der Waals surface area contributed by atoms with E-state index in [0.29, 0.717) is 18.0 Å². The Balaban J connectivity index is 0.00000180. The van der Waals surface area contributed by atoms with E-state index < -0.39 is 0 Å². The normalized spacial score (nSPS) is 20.4. The number of thiophene rings is 1. The lowest BCUT2D eigenvalue weighted by molar-refractivity contribution is 0.0694. The third-order valence-corrected chi connectivity index (χ3v) is 6.76. The predicted molar refractivity (Wildman–Crippen MR) is 110 cm³/mol. The van der Waals surface area contributed by atoms with E-state index in [4.69, 9.17) is 0 Å². The zero-order valence-corrected chi connectivity index (χ0v) is 16.6. The maximum Gasteiger partial charge on any atom is 0.255 e. The fourth-order valence-corrected chi connectivity index (χ4v) is 5.10.